The first-order valence-electron chi connectivity index (χ1n) is 6.82. The number of benzene rings is 1. The summed E-state index contributed by atoms with van der Waals surface area (Å²) in [6.07, 6.45) is 1.41. The zero-order chi connectivity index (χ0) is 13.7. The van der Waals surface area contributed by atoms with E-state index in [0.29, 0.717) is 32.6 Å². The van der Waals surface area contributed by atoms with E-state index in [4.69, 9.17) is 10.5 Å². The second-order valence-electron chi connectivity index (χ2n) is 5.20. The Bertz CT molecular complexity index is 419. The van der Waals surface area contributed by atoms with E-state index in [1.165, 1.54) is 0 Å². The van der Waals surface area contributed by atoms with Gasteiger partial charge in [-0.2, -0.15) is 0 Å². The molecule has 0 spiro atoms. The number of nitrogens with one attached hydrogen (secondary N) is 1. The molecule has 1 aliphatic rings. The highest BCUT2D eigenvalue weighted by atomic mass is 35.5. The summed E-state index contributed by atoms with van der Waals surface area (Å²) in [6.45, 7) is 3.61. The lowest BCUT2D eigenvalue weighted by Gasteiger charge is -2.35. The van der Waals surface area contributed by atoms with Crippen LogP contribution < -0.4 is 11.1 Å². The SMILES string of the molecule is CC(NC(=O)C1(CN)CCOCC1)c1ccccc1.Cl. The molecule has 0 radical (unpaired) electrons. The number of ether oxygens (including phenoxy) is 1. The third-order valence-electron chi connectivity index (χ3n) is 3.97. The van der Waals surface area contributed by atoms with Gasteiger partial charge in [0, 0.05) is 19.8 Å². The number of carbonyl (C=O) groups is 1. The number of amides is 1. The molecule has 3 N–H and O–H groups in total. The van der Waals surface area contributed by atoms with E-state index in [1.54, 1.807) is 0 Å². The summed E-state index contributed by atoms with van der Waals surface area (Å²) < 4.78 is 5.33. The smallest absolute Gasteiger partial charge is 0.228 e. The third kappa shape index (κ3) is 3.72. The Morgan fingerprint density at radius 1 is 1.35 bits per heavy atom. The minimum absolute atomic E-state index is 0. The number of halogens is 1. The Balaban J connectivity index is 0.00000200. The predicted octanol–water partition coefficient (Wildman–Crippen LogP) is 2.04. The minimum atomic E-state index is -0.457. The van der Waals surface area contributed by atoms with Crippen LogP contribution in [0.5, 0.6) is 0 Å². The first-order chi connectivity index (χ1) is 9.18. The van der Waals surface area contributed by atoms with Crippen LogP contribution in [0, 0.1) is 5.41 Å². The van der Waals surface area contributed by atoms with E-state index in [9.17, 15) is 4.79 Å². The maximum Gasteiger partial charge on any atom is 0.228 e. The fourth-order valence-corrected chi connectivity index (χ4v) is 2.46. The van der Waals surface area contributed by atoms with Crippen molar-refractivity contribution in [1.82, 2.24) is 5.32 Å². The molecule has 1 amide bonds. The average molecular weight is 299 g/mol. The van der Waals surface area contributed by atoms with Crippen molar-refractivity contribution in [2.24, 2.45) is 11.1 Å². The highest BCUT2D eigenvalue weighted by molar-refractivity contribution is 5.85. The van der Waals surface area contributed by atoms with Crippen molar-refractivity contribution in [3.63, 3.8) is 0 Å². The molecule has 0 bridgehead atoms. The first kappa shape index (κ1) is 17.0. The van der Waals surface area contributed by atoms with Gasteiger partial charge in [-0.3, -0.25) is 4.79 Å². The van der Waals surface area contributed by atoms with Crippen LogP contribution in [-0.2, 0) is 9.53 Å². The van der Waals surface area contributed by atoms with Crippen molar-refractivity contribution in [3.05, 3.63) is 35.9 Å². The highest BCUT2D eigenvalue weighted by Gasteiger charge is 2.39. The molecule has 112 valence electrons. The number of hydrogen-bond donors (Lipinski definition) is 2. The molecule has 1 aliphatic heterocycles. The molecular weight excluding hydrogens is 276 g/mol. The van der Waals surface area contributed by atoms with E-state index in [0.717, 1.165) is 5.56 Å². The van der Waals surface area contributed by atoms with Gasteiger partial charge in [-0.05, 0) is 25.3 Å². The minimum Gasteiger partial charge on any atom is -0.381 e. The quantitative estimate of drug-likeness (QED) is 0.894. The van der Waals surface area contributed by atoms with Gasteiger partial charge in [-0.15, -0.1) is 12.4 Å². The Morgan fingerprint density at radius 3 is 2.50 bits per heavy atom. The summed E-state index contributed by atoms with van der Waals surface area (Å²) in [5, 5.41) is 3.08. The number of rotatable bonds is 4. The molecule has 20 heavy (non-hydrogen) atoms. The fourth-order valence-electron chi connectivity index (χ4n) is 2.46. The van der Waals surface area contributed by atoms with Crippen LogP contribution in [0.1, 0.15) is 31.4 Å². The molecule has 0 aromatic heterocycles. The lowest BCUT2D eigenvalue weighted by molar-refractivity contribution is -0.136. The second kappa shape index (κ2) is 7.62. The lowest BCUT2D eigenvalue weighted by atomic mass is 9.79. The van der Waals surface area contributed by atoms with E-state index in [-0.39, 0.29) is 24.4 Å². The Morgan fingerprint density at radius 2 is 1.95 bits per heavy atom. The van der Waals surface area contributed by atoms with Gasteiger partial charge in [0.05, 0.1) is 11.5 Å². The van der Waals surface area contributed by atoms with Crippen LogP contribution in [0.15, 0.2) is 30.3 Å². The monoisotopic (exact) mass is 298 g/mol. The molecule has 5 heteroatoms. The molecule has 4 nitrogen and oxygen atoms in total. The van der Waals surface area contributed by atoms with E-state index >= 15 is 0 Å². The largest absolute Gasteiger partial charge is 0.381 e. The Labute approximate surface area is 126 Å². The van der Waals surface area contributed by atoms with Gasteiger partial charge in [-0.1, -0.05) is 30.3 Å². The summed E-state index contributed by atoms with van der Waals surface area (Å²) in [5.74, 6) is 0.0506. The van der Waals surface area contributed by atoms with Crippen molar-refractivity contribution in [2.45, 2.75) is 25.8 Å². The molecule has 0 saturated carbocycles. The van der Waals surface area contributed by atoms with Crippen LogP contribution in [-0.4, -0.2) is 25.7 Å². The standard InChI is InChI=1S/C15H22N2O2.ClH/c1-12(13-5-3-2-4-6-13)17-14(18)15(11-16)7-9-19-10-8-15;/h2-6,12H,7-11,16H2,1H3,(H,17,18);1H. The van der Waals surface area contributed by atoms with Crippen LogP contribution in [0.2, 0.25) is 0 Å². The van der Waals surface area contributed by atoms with Gasteiger partial charge in [0.2, 0.25) is 5.91 Å². The summed E-state index contributed by atoms with van der Waals surface area (Å²) in [5.41, 5.74) is 6.49. The van der Waals surface area contributed by atoms with Gasteiger partial charge in [0.1, 0.15) is 0 Å². The molecule has 1 aromatic rings. The van der Waals surface area contributed by atoms with Crippen molar-refractivity contribution in [1.29, 1.82) is 0 Å². The zero-order valence-electron chi connectivity index (χ0n) is 11.8. The van der Waals surface area contributed by atoms with Crippen molar-refractivity contribution in [3.8, 4) is 0 Å². The lowest BCUT2D eigenvalue weighted by Crippen LogP contribution is -2.49. The molecule has 1 fully saturated rings. The van der Waals surface area contributed by atoms with Crippen LogP contribution in [0.25, 0.3) is 0 Å². The van der Waals surface area contributed by atoms with Gasteiger partial charge in [-0.25, -0.2) is 0 Å². The molecule has 1 heterocycles. The molecule has 1 aromatic carbocycles. The summed E-state index contributed by atoms with van der Waals surface area (Å²) in [7, 11) is 0. The molecule has 2 rings (SSSR count). The molecule has 1 saturated heterocycles. The molecule has 1 unspecified atom stereocenters. The van der Waals surface area contributed by atoms with Gasteiger partial charge in [0.15, 0.2) is 0 Å². The van der Waals surface area contributed by atoms with E-state index in [2.05, 4.69) is 5.32 Å². The van der Waals surface area contributed by atoms with Crippen molar-refractivity contribution >= 4 is 18.3 Å². The maximum absolute atomic E-state index is 12.5. The first-order valence-corrected chi connectivity index (χ1v) is 6.82. The topological polar surface area (TPSA) is 64.4 Å². The summed E-state index contributed by atoms with van der Waals surface area (Å²) in [6, 6.07) is 9.96. The van der Waals surface area contributed by atoms with E-state index < -0.39 is 5.41 Å². The Kier molecular flexibility index (Phi) is 6.46. The van der Waals surface area contributed by atoms with Crippen LogP contribution >= 0.6 is 12.4 Å². The fraction of sp³-hybridized carbons (Fsp3) is 0.533. The van der Waals surface area contributed by atoms with Gasteiger partial charge < -0.3 is 15.8 Å². The number of carbonyl (C=O) groups excluding carboxylic acids is 1. The van der Waals surface area contributed by atoms with Crippen molar-refractivity contribution in [2.75, 3.05) is 19.8 Å². The summed E-state index contributed by atoms with van der Waals surface area (Å²) in [4.78, 5) is 12.5. The van der Waals surface area contributed by atoms with Crippen LogP contribution in [0.3, 0.4) is 0 Å². The zero-order valence-corrected chi connectivity index (χ0v) is 12.6. The third-order valence-corrected chi connectivity index (χ3v) is 3.97. The van der Waals surface area contributed by atoms with Crippen molar-refractivity contribution < 1.29 is 9.53 Å². The summed E-state index contributed by atoms with van der Waals surface area (Å²) >= 11 is 0. The van der Waals surface area contributed by atoms with E-state index in [1.807, 2.05) is 37.3 Å². The second-order valence-corrected chi connectivity index (χ2v) is 5.20. The highest BCUT2D eigenvalue weighted by Crippen LogP contribution is 2.30. The van der Waals surface area contributed by atoms with Gasteiger partial charge in [0.25, 0.3) is 0 Å². The van der Waals surface area contributed by atoms with Gasteiger partial charge >= 0.3 is 0 Å². The Hall–Kier alpha value is -1.10. The molecule has 0 aliphatic carbocycles. The average Bonchev–Trinajstić information content (AvgIpc) is 2.48. The number of nitrogens with two attached hydrogens (primary N) is 1. The predicted molar refractivity (Wildman–Crippen MR) is 81.8 cm³/mol. The molecular formula is C15H23ClN2O2. The normalized spacial score (nSPS) is 18.7. The maximum atomic E-state index is 12.5. The van der Waals surface area contributed by atoms with Crippen LogP contribution in [0.4, 0.5) is 0 Å². The number of hydrogen-bond acceptors (Lipinski definition) is 3. The molecule has 1 atom stereocenters.